The first-order chi connectivity index (χ1) is 26.8. The van der Waals surface area contributed by atoms with Gasteiger partial charge in [0.2, 0.25) is 0 Å². The molecule has 0 radical (unpaired) electrons. The second-order valence-corrected chi connectivity index (χ2v) is 13.4. The topological polar surface area (TPSA) is 6.48 Å². The van der Waals surface area contributed by atoms with Crippen molar-refractivity contribution in [3.8, 4) is 33.4 Å². The minimum Gasteiger partial charge on any atom is -0.310 e. The molecule has 54 heavy (non-hydrogen) atoms. The number of hydrogen-bond donors (Lipinski definition) is 0. The Bertz CT molecular complexity index is 2600. The van der Waals surface area contributed by atoms with Gasteiger partial charge in [0.05, 0.1) is 5.69 Å². The molecule has 9 rings (SSSR count). The van der Waals surface area contributed by atoms with Gasteiger partial charge in [0, 0.05) is 34.0 Å². The Hall–Kier alpha value is -7.16. The van der Waals surface area contributed by atoms with Gasteiger partial charge in [-0.2, -0.15) is 0 Å². The highest BCUT2D eigenvalue weighted by Gasteiger charge is 2.20. The molecule has 0 aromatic heterocycles. The van der Waals surface area contributed by atoms with Crippen LogP contribution < -0.4 is 9.80 Å². The molecule has 0 fully saturated rings. The maximum atomic E-state index is 2.39. The second-order valence-electron chi connectivity index (χ2n) is 13.4. The molecular formula is C52H38N2. The zero-order valence-electron chi connectivity index (χ0n) is 29.8. The monoisotopic (exact) mass is 690 g/mol. The highest BCUT2D eigenvalue weighted by Crippen LogP contribution is 2.45. The summed E-state index contributed by atoms with van der Waals surface area (Å²) in [5.74, 6) is 0. The Morgan fingerprint density at radius 1 is 0.241 bits per heavy atom. The van der Waals surface area contributed by atoms with Crippen LogP contribution in [-0.4, -0.2) is 0 Å². The van der Waals surface area contributed by atoms with E-state index in [4.69, 9.17) is 0 Å². The van der Waals surface area contributed by atoms with Crippen molar-refractivity contribution in [3.63, 3.8) is 0 Å². The number of fused-ring (bicyclic) bond motifs is 1. The van der Waals surface area contributed by atoms with E-state index in [2.05, 4.69) is 240 Å². The SMILES string of the molecule is c1ccc(-c2c(N(c3ccccc3)c3cccc(-c4ccc(-c5cccc(N(c6ccccc6)c6ccccc6)c5)cc4)c3)ccc3ccccc23)cc1. The van der Waals surface area contributed by atoms with Gasteiger partial charge in [-0.25, -0.2) is 0 Å². The summed E-state index contributed by atoms with van der Waals surface area (Å²) in [6.45, 7) is 0. The molecule has 9 aromatic rings. The summed E-state index contributed by atoms with van der Waals surface area (Å²) < 4.78 is 0. The molecule has 0 heterocycles. The lowest BCUT2D eigenvalue weighted by molar-refractivity contribution is 1.28. The Kier molecular flexibility index (Phi) is 8.99. The summed E-state index contributed by atoms with van der Waals surface area (Å²) in [5, 5.41) is 2.45. The van der Waals surface area contributed by atoms with Crippen molar-refractivity contribution in [1.82, 2.24) is 0 Å². The predicted octanol–water partition coefficient (Wildman–Crippen LogP) is 14.8. The van der Waals surface area contributed by atoms with Gasteiger partial charge in [-0.15, -0.1) is 0 Å². The average molecular weight is 691 g/mol. The number of nitrogens with zero attached hydrogens (tertiary/aromatic N) is 2. The maximum Gasteiger partial charge on any atom is 0.0546 e. The summed E-state index contributed by atoms with van der Waals surface area (Å²) in [6.07, 6.45) is 0. The molecule has 0 unspecified atom stereocenters. The van der Waals surface area contributed by atoms with Crippen molar-refractivity contribution < 1.29 is 0 Å². The third-order valence-corrected chi connectivity index (χ3v) is 10.0. The third-order valence-electron chi connectivity index (χ3n) is 10.0. The summed E-state index contributed by atoms with van der Waals surface area (Å²) in [7, 11) is 0. The van der Waals surface area contributed by atoms with Gasteiger partial charge in [-0.05, 0) is 105 Å². The number of hydrogen-bond acceptors (Lipinski definition) is 2. The molecule has 256 valence electrons. The van der Waals surface area contributed by atoms with Crippen LogP contribution in [0.2, 0.25) is 0 Å². The van der Waals surface area contributed by atoms with Crippen LogP contribution in [0.1, 0.15) is 0 Å². The number of benzene rings is 9. The average Bonchev–Trinajstić information content (AvgIpc) is 3.25. The summed E-state index contributed by atoms with van der Waals surface area (Å²) in [6, 6.07) is 82.4. The minimum atomic E-state index is 1.10. The summed E-state index contributed by atoms with van der Waals surface area (Å²) in [4.78, 5) is 4.70. The van der Waals surface area contributed by atoms with Crippen molar-refractivity contribution in [2.45, 2.75) is 0 Å². The van der Waals surface area contributed by atoms with E-state index in [1.807, 2.05) is 0 Å². The molecule has 0 N–H and O–H groups in total. The van der Waals surface area contributed by atoms with Gasteiger partial charge >= 0.3 is 0 Å². The number of rotatable bonds is 9. The zero-order valence-corrected chi connectivity index (χ0v) is 29.8. The molecule has 0 amide bonds. The van der Waals surface area contributed by atoms with E-state index >= 15 is 0 Å². The first-order valence-electron chi connectivity index (χ1n) is 18.4. The fourth-order valence-electron chi connectivity index (χ4n) is 7.46. The van der Waals surface area contributed by atoms with E-state index in [1.54, 1.807) is 0 Å². The summed E-state index contributed by atoms with van der Waals surface area (Å²) >= 11 is 0. The van der Waals surface area contributed by atoms with Crippen LogP contribution in [-0.2, 0) is 0 Å². The number of para-hydroxylation sites is 3. The van der Waals surface area contributed by atoms with Crippen LogP contribution in [0.15, 0.2) is 231 Å². The molecule has 9 aromatic carbocycles. The fourth-order valence-corrected chi connectivity index (χ4v) is 7.46. The molecule has 0 atom stereocenters. The van der Waals surface area contributed by atoms with Gasteiger partial charge in [0.15, 0.2) is 0 Å². The second kappa shape index (κ2) is 14.8. The van der Waals surface area contributed by atoms with E-state index in [9.17, 15) is 0 Å². The van der Waals surface area contributed by atoms with Crippen molar-refractivity contribution in [2.75, 3.05) is 9.80 Å². The largest absolute Gasteiger partial charge is 0.310 e. The van der Waals surface area contributed by atoms with Gasteiger partial charge in [0.1, 0.15) is 0 Å². The highest BCUT2D eigenvalue weighted by molar-refractivity contribution is 6.05. The molecular weight excluding hydrogens is 653 g/mol. The Morgan fingerprint density at radius 3 is 1.19 bits per heavy atom. The zero-order chi connectivity index (χ0) is 36.1. The molecule has 0 spiro atoms. The summed E-state index contributed by atoms with van der Waals surface area (Å²) in [5.41, 5.74) is 13.8. The fraction of sp³-hybridized carbons (Fsp3) is 0. The Balaban J connectivity index is 1.09. The predicted molar refractivity (Wildman–Crippen MR) is 230 cm³/mol. The lowest BCUT2D eigenvalue weighted by atomic mass is 9.95. The Labute approximate surface area is 317 Å². The molecule has 2 heteroatoms. The smallest absolute Gasteiger partial charge is 0.0546 e. The normalized spacial score (nSPS) is 11.0. The first kappa shape index (κ1) is 32.7. The minimum absolute atomic E-state index is 1.10. The van der Waals surface area contributed by atoms with Gasteiger partial charge in [0.25, 0.3) is 0 Å². The van der Waals surface area contributed by atoms with Crippen LogP contribution in [0.5, 0.6) is 0 Å². The highest BCUT2D eigenvalue weighted by atomic mass is 15.1. The molecule has 0 saturated heterocycles. The van der Waals surface area contributed by atoms with Crippen LogP contribution in [0.25, 0.3) is 44.2 Å². The van der Waals surface area contributed by atoms with E-state index in [0.717, 1.165) is 39.7 Å². The van der Waals surface area contributed by atoms with Crippen LogP contribution in [0.4, 0.5) is 34.1 Å². The van der Waals surface area contributed by atoms with E-state index < -0.39 is 0 Å². The lowest BCUT2D eigenvalue weighted by Crippen LogP contribution is -2.11. The van der Waals surface area contributed by atoms with Crippen LogP contribution in [0, 0.1) is 0 Å². The van der Waals surface area contributed by atoms with Gasteiger partial charge < -0.3 is 9.80 Å². The quantitative estimate of drug-likeness (QED) is 0.149. The third kappa shape index (κ3) is 6.53. The van der Waals surface area contributed by atoms with Gasteiger partial charge in [-0.1, -0.05) is 164 Å². The maximum absolute atomic E-state index is 2.39. The van der Waals surface area contributed by atoms with E-state index in [-0.39, 0.29) is 0 Å². The lowest BCUT2D eigenvalue weighted by Gasteiger charge is -2.29. The van der Waals surface area contributed by atoms with Crippen LogP contribution >= 0.6 is 0 Å². The first-order valence-corrected chi connectivity index (χ1v) is 18.4. The molecule has 0 aliphatic heterocycles. The standard InChI is InChI=1S/C52H38N2/c1-5-18-42(19-6-1)52-50-30-14-13-17-41(50)35-36-51(52)54(47-26-11-4-12-27-47)49-29-16-21-44(38-49)40-33-31-39(32-34-40)43-20-15-28-48(37-43)53(45-22-7-2-8-23-45)46-24-9-3-10-25-46/h1-38H. The van der Waals surface area contributed by atoms with E-state index in [0.29, 0.717) is 0 Å². The molecule has 0 saturated carbocycles. The molecule has 2 nitrogen and oxygen atoms in total. The Morgan fingerprint density at radius 2 is 0.648 bits per heavy atom. The van der Waals surface area contributed by atoms with Crippen LogP contribution in [0.3, 0.4) is 0 Å². The van der Waals surface area contributed by atoms with Crippen molar-refractivity contribution in [2.24, 2.45) is 0 Å². The molecule has 0 bridgehead atoms. The van der Waals surface area contributed by atoms with Crippen molar-refractivity contribution in [3.05, 3.63) is 231 Å². The molecule has 0 aliphatic rings. The van der Waals surface area contributed by atoms with E-state index in [1.165, 1.54) is 38.6 Å². The van der Waals surface area contributed by atoms with Crippen molar-refractivity contribution in [1.29, 1.82) is 0 Å². The van der Waals surface area contributed by atoms with Gasteiger partial charge in [-0.3, -0.25) is 0 Å². The molecule has 0 aliphatic carbocycles. The number of anilines is 6. The van der Waals surface area contributed by atoms with Crippen molar-refractivity contribution >= 4 is 44.9 Å².